The molecule has 0 spiro atoms. The number of ether oxygens (including phenoxy) is 1. The SMILES string of the molecule is COCCc1ccccc1NCc1ccn[nH]1. The molecule has 1 aromatic heterocycles. The van der Waals surface area contributed by atoms with Crippen LogP contribution in [-0.4, -0.2) is 23.9 Å². The van der Waals surface area contributed by atoms with E-state index in [0.29, 0.717) is 0 Å². The monoisotopic (exact) mass is 231 g/mol. The molecule has 0 saturated heterocycles. The molecule has 0 bridgehead atoms. The minimum absolute atomic E-state index is 0.739. The van der Waals surface area contributed by atoms with E-state index in [9.17, 15) is 0 Å². The smallest absolute Gasteiger partial charge is 0.0567 e. The zero-order valence-corrected chi connectivity index (χ0v) is 9.94. The van der Waals surface area contributed by atoms with Crippen LogP contribution in [0, 0.1) is 0 Å². The number of anilines is 1. The van der Waals surface area contributed by atoms with Gasteiger partial charge >= 0.3 is 0 Å². The molecule has 4 nitrogen and oxygen atoms in total. The second-order valence-corrected chi connectivity index (χ2v) is 3.84. The molecular formula is C13H17N3O. The summed E-state index contributed by atoms with van der Waals surface area (Å²) in [5.41, 5.74) is 3.50. The number of benzene rings is 1. The maximum Gasteiger partial charge on any atom is 0.0567 e. The van der Waals surface area contributed by atoms with Gasteiger partial charge in [-0.1, -0.05) is 18.2 Å². The standard InChI is InChI=1S/C13H17N3O/c1-17-9-7-11-4-2-3-5-13(11)14-10-12-6-8-15-16-12/h2-6,8,14H,7,9-10H2,1H3,(H,15,16). The van der Waals surface area contributed by atoms with Crippen LogP contribution in [0.2, 0.25) is 0 Å². The molecule has 2 rings (SSSR count). The number of rotatable bonds is 6. The van der Waals surface area contributed by atoms with Crippen molar-refractivity contribution in [2.24, 2.45) is 0 Å². The summed E-state index contributed by atoms with van der Waals surface area (Å²) in [6.45, 7) is 1.49. The van der Waals surface area contributed by atoms with Crippen molar-refractivity contribution >= 4 is 5.69 Å². The van der Waals surface area contributed by atoms with Crippen molar-refractivity contribution in [3.8, 4) is 0 Å². The fourth-order valence-corrected chi connectivity index (χ4v) is 1.70. The first-order valence-electron chi connectivity index (χ1n) is 5.69. The van der Waals surface area contributed by atoms with E-state index >= 15 is 0 Å². The Kier molecular flexibility index (Phi) is 4.16. The van der Waals surface area contributed by atoms with Gasteiger partial charge < -0.3 is 10.1 Å². The molecule has 0 unspecified atom stereocenters. The predicted octanol–water partition coefficient (Wildman–Crippen LogP) is 2.21. The molecule has 2 aromatic rings. The Morgan fingerprint density at radius 3 is 2.94 bits per heavy atom. The van der Waals surface area contributed by atoms with Crippen molar-refractivity contribution in [3.63, 3.8) is 0 Å². The molecule has 1 aromatic carbocycles. The highest BCUT2D eigenvalue weighted by Gasteiger charge is 2.01. The summed E-state index contributed by atoms with van der Waals surface area (Å²) in [5, 5.41) is 10.3. The lowest BCUT2D eigenvalue weighted by Gasteiger charge is -2.10. The molecule has 0 aliphatic rings. The second kappa shape index (κ2) is 6.06. The first-order valence-corrected chi connectivity index (χ1v) is 5.69. The van der Waals surface area contributed by atoms with Gasteiger partial charge in [0.2, 0.25) is 0 Å². The Morgan fingerprint density at radius 2 is 2.18 bits per heavy atom. The number of nitrogens with one attached hydrogen (secondary N) is 2. The number of hydrogen-bond acceptors (Lipinski definition) is 3. The average Bonchev–Trinajstić information content (AvgIpc) is 2.88. The average molecular weight is 231 g/mol. The molecule has 0 atom stereocenters. The van der Waals surface area contributed by atoms with Crippen molar-refractivity contribution in [2.45, 2.75) is 13.0 Å². The van der Waals surface area contributed by atoms with Gasteiger partial charge in [-0.15, -0.1) is 0 Å². The zero-order chi connectivity index (χ0) is 11.9. The van der Waals surface area contributed by atoms with Crippen LogP contribution in [0.4, 0.5) is 5.69 Å². The highest BCUT2D eigenvalue weighted by atomic mass is 16.5. The Labute approximate surface area is 101 Å². The summed E-state index contributed by atoms with van der Waals surface area (Å²) in [5.74, 6) is 0. The fraction of sp³-hybridized carbons (Fsp3) is 0.308. The Balaban J connectivity index is 1.99. The van der Waals surface area contributed by atoms with Crippen LogP contribution in [0.25, 0.3) is 0 Å². The second-order valence-electron chi connectivity index (χ2n) is 3.84. The van der Waals surface area contributed by atoms with Gasteiger partial charge in [-0.2, -0.15) is 5.10 Å². The van der Waals surface area contributed by atoms with Gasteiger partial charge in [0.05, 0.1) is 18.8 Å². The van der Waals surface area contributed by atoms with Gasteiger partial charge in [-0.3, -0.25) is 5.10 Å². The third-order valence-electron chi connectivity index (χ3n) is 2.62. The molecule has 0 aliphatic carbocycles. The quantitative estimate of drug-likeness (QED) is 0.801. The largest absolute Gasteiger partial charge is 0.384 e. The highest BCUT2D eigenvalue weighted by Crippen LogP contribution is 2.16. The first-order chi connectivity index (χ1) is 8.40. The Morgan fingerprint density at radius 1 is 1.29 bits per heavy atom. The van der Waals surface area contributed by atoms with Crippen molar-refractivity contribution in [3.05, 3.63) is 47.8 Å². The van der Waals surface area contributed by atoms with Crippen molar-refractivity contribution in [2.75, 3.05) is 19.0 Å². The van der Waals surface area contributed by atoms with Gasteiger partial charge in [0.1, 0.15) is 0 Å². The lowest BCUT2D eigenvalue weighted by Crippen LogP contribution is -2.04. The van der Waals surface area contributed by atoms with Crippen LogP contribution in [0.15, 0.2) is 36.5 Å². The number of para-hydroxylation sites is 1. The van der Waals surface area contributed by atoms with Gasteiger partial charge in [0.15, 0.2) is 0 Å². The van der Waals surface area contributed by atoms with Crippen molar-refractivity contribution in [1.29, 1.82) is 0 Å². The number of methoxy groups -OCH3 is 1. The lowest BCUT2D eigenvalue weighted by atomic mass is 10.1. The number of H-pyrrole nitrogens is 1. The number of aromatic nitrogens is 2. The van der Waals surface area contributed by atoms with Crippen molar-refractivity contribution in [1.82, 2.24) is 10.2 Å². The molecule has 0 radical (unpaired) electrons. The van der Waals surface area contributed by atoms with E-state index in [4.69, 9.17) is 4.74 Å². The molecule has 1 heterocycles. The third-order valence-corrected chi connectivity index (χ3v) is 2.62. The van der Waals surface area contributed by atoms with Crippen LogP contribution in [0.1, 0.15) is 11.3 Å². The molecule has 0 saturated carbocycles. The molecule has 4 heteroatoms. The molecule has 0 amide bonds. The molecule has 0 fully saturated rings. The first kappa shape index (κ1) is 11.7. The Hall–Kier alpha value is -1.81. The summed E-state index contributed by atoms with van der Waals surface area (Å²) in [6.07, 6.45) is 2.68. The fourth-order valence-electron chi connectivity index (χ4n) is 1.70. The van der Waals surface area contributed by atoms with Crippen LogP contribution < -0.4 is 5.32 Å². The zero-order valence-electron chi connectivity index (χ0n) is 9.94. The minimum atomic E-state index is 0.739. The van der Waals surface area contributed by atoms with Crippen molar-refractivity contribution < 1.29 is 4.74 Å². The maximum absolute atomic E-state index is 5.11. The molecule has 0 aliphatic heterocycles. The lowest BCUT2D eigenvalue weighted by molar-refractivity contribution is 0.202. The van der Waals surface area contributed by atoms with E-state index in [1.807, 2.05) is 18.2 Å². The van der Waals surface area contributed by atoms with E-state index in [1.165, 1.54) is 5.56 Å². The summed E-state index contributed by atoms with van der Waals surface area (Å²) < 4.78 is 5.11. The molecule has 17 heavy (non-hydrogen) atoms. The summed E-state index contributed by atoms with van der Waals surface area (Å²) in [6, 6.07) is 10.2. The minimum Gasteiger partial charge on any atom is -0.384 e. The van der Waals surface area contributed by atoms with E-state index < -0.39 is 0 Å². The van der Waals surface area contributed by atoms with Crippen LogP contribution in [0.3, 0.4) is 0 Å². The van der Waals surface area contributed by atoms with Gasteiger partial charge in [-0.05, 0) is 24.1 Å². The van der Waals surface area contributed by atoms with Crippen LogP contribution >= 0.6 is 0 Å². The Bertz CT molecular complexity index is 440. The topological polar surface area (TPSA) is 49.9 Å². The van der Waals surface area contributed by atoms with Crippen LogP contribution in [-0.2, 0) is 17.7 Å². The highest BCUT2D eigenvalue weighted by molar-refractivity contribution is 5.51. The number of nitrogens with zero attached hydrogens (tertiary/aromatic N) is 1. The van der Waals surface area contributed by atoms with Gasteiger partial charge in [0, 0.05) is 19.0 Å². The van der Waals surface area contributed by atoms with E-state index in [1.54, 1.807) is 13.3 Å². The van der Waals surface area contributed by atoms with E-state index in [2.05, 4.69) is 27.6 Å². The molecule has 2 N–H and O–H groups in total. The molecule has 90 valence electrons. The summed E-state index contributed by atoms with van der Waals surface area (Å²) in [4.78, 5) is 0. The maximum atomic E-state index is 5.11. The molecular weight excluding hydrogens is 214 g/mol. The van der Waals surface area contributed by atoms with Crippen LogP contribution in [0.5, 0.6) is 0 Å². The summed E-state index contributed by atoms with van der Waals surface area (Å²) in [7, 11) is 1.72. The number of hydrogen-bond donors (Lipinski definition) is 2. The van der Waals surface area contributed by atoms with E-state index in [0.717, 1.165) is 31.0 Å². The van der Waals surface area contributed by atoms with Gasteiger partial charge in [0.25, 0.3) is 0 Å². The van der Waals surface area contributed by atoms with Gasteiger partial charge in [-0.25, -0.2) is 0 Å². The predicted molar refractivity (Wildman–Crippen MR) is 67.9 cm³/mol. The summed E-state index contributed by atoms with van der Waals surface area (Å²) >= 11 is 0. The third kappa shape index (κ3) is 3.32. The van der Waals surface area contributed by atoms with E-state index in [-0.39, 0.29) is 0 Å². The normalized spacial score (nSPS) is 10.4. The number of aromatic amines is 1.